The molecule has 4 heteroatoms. The summed E-state index contributed by atoms with van der Waals surface area (Å²) in [6, 6.07) is 8.07. The third kappa shape index (κ3) is 3.56. The lowest BCUT2D eigenvalue weighted by Gasteiger charge is -2.07. The van der Waals surface area contributed by atoms with Gasteiger partial charge in [-0.05, 0) is 37.1 Å². The Hall–Kier alpha value is -1.84. The Labute approximate surface area is 114 Å². The topological polar surface area (TPSA) is 39.9 Å². The van der Waals surface area contributed by atoms with E-state index in [1.807, 2.05) is 24.3 Å². The molecule has 1 heterocycles. The van der Waals surface area contributed by atoms with Gasteiger partial charge in [0.05, 0.1) is 6.61 Å². The molecule has 0 aliphatic carbocycles. The van der Waals surface area contributed by atoms with Gasteiger partial charge >= 0.3 is 0 Å². The van der Waals surface area contributed by atoms with Crippen LogP contribution in [0.2, 0.25) is 0 Å². The quantitative estimate of drug-likeness (QED) is 0.714. The molecule has 2 rings (SSSR count). The molecule has 0 amide bonds. The van der Waals surface area contributed by atoms with E-state index in [-0.39, 0.29) is 0 Å². The van der Waals surface area contributed by atoms with Crippen LogP contribution in [0.3, 0.4) is 0 Å². The normalized spacial score (nSPS) is 10.6. The highest BCUT2D eigenvalue weighted by atomic mass is 16.5. The molecule has 0 N–H and O–H groups in total. The predicted molar refractivity (Wildman–Crippen MR) is 76.2 cm³/mol. The Morgan fingerprint density at radius 1 is 1.11 bits per heavy atom. The number of ether oxygens (including phenoxy) is 1. The number of unbranched alkanes of at least 4 members (excludes halogenated alkanes) is 1. The second kappa shape index (κ2) is 6.92. The minimum Gasteiger partial charge on any atom is -0.494 e. The lowest BCUT2D eigenvalue weighted by atomic mass is 10.2. The van der Waals surface area contributed by atoms with E-state index in [1.54, 1.807) is 6.33 Å². The molecule has 1 aromatic heterocycles. The van der Waals surface area contributed by atoms with Crippen LogP contribution >= 0.6 is 0 Å². The van der Waals surface area contributed by atoms with Crippen molar-refractivity contribution in [3.63, 3.8) is 0 Å². The van der Waals surface area contributed by atoms with E-state index in [1.165, 1.54) is 0 Å². The van der Waals surface area contributed by atoms with Crippen LogP contribution in [-0.4, -0.2) is 21.4 Å². The maximum absolute atomic E-state index is 5.65. The molecule has 0 unspecified atom stereocenters. The Morgan fingerprint density at radius 2 is 1.89 bits per heavy atom. The second-order valence-corrected chi connectivity index (χ2v) is 4.57. The number of rotatable bonds is 7. The van der Waals surface area contributed by atoms with Crippen LogP contribution < -0.4 is 4.74 Å². The number of hydrogen-bond donors (Lipinski definition) is 0. The van der Waals surface area contributed by atoms with Crippen LogP contribution in [0.4, 0.5) is 0 Å². The van der Waals surface area contributed by atoms with Gasteiger partial charge < -0.3 is 9.30 Å². The first kappa shape index (κ1) is 13.6. The van der Waals surface area contributed by atoms with Crippen LogP contribution in [0.25, 0.3) is 11.4 Å². The standard InChI is InChI=1S/C15H21N3O/c1-3-5-11-19-14-8-6-13(7-9-14)15-17-16-12-18(15)10-4-2/h6-9,12H,3-5,10-11H2,1-2H3. The van der Waals surface area contributed by atoms with Crippen LogP contribution in [0.15, 0.2) is 30.6 Å². The third-order valence-corrected chi connectivity index (χ3v) is 2.96. The van der Waals surface area contributed by atoms with Gasteiger partial charge in [0, 0.05) is 12.1 Å². The van der Waals surface area contributed by atoms with Crippen molar-refractivity contribution >= 4 is 0 Å². The Bertz CT molecular complexity index is 490. The molecule has 2 aromatic rings. The number of benzene rings is 1. The summed E-state index contributed by atoms with van der Waals surface area (Å²) in [5.41, 5.74) is 1.08. The minimum absolute atomic E-state index is 0.780. The molecule has 0 saturated heterocycles. The highest BCUT2D eigenvalue weighted by molar-refractivity contribution is 5.56. The van der Waals surface area contributed by atoms with Crippen molar-refractivity contribution in [2.45, 2.75) is 39.7 Å². The van der Waals surface area contributed by atoms with Gasteiger partial charge in [0.2, 0.25) is 0 Å². The Balaban J connectivity index is 2.07. The fraction of sp³-hybridized carbons (Fsp3) is 0.467. The van der Waals surface area contributed by atoms with Gasteiger partial charge in [-0.25, -0.2) is 0 Å². The van der Waals surface area contributed by atoms with E-state index >= 15 is 0 Å². The highest BCUT2D eigenvalue weighted by Crippen LogP contribution is 2.20. The third-order valence-electron chi connectivity index (χ3n) is 2.96. The molecule has 0 fully saturated rings. The van der Waals surface area contributed by atoms with Crippen molar-refractivity contribution in [3.05, 3.63) is 30.6 Å². The van der Waals surface area contributed by atoms with E-state index in [0.717, 1.165) is 49.6 Å². The second-order valence-electron chi connectivity index (χ2n) is 4.57. The maximum atomic E-state index is 5.65. The molecular weight excluding hydrogens is 238 g/mol. The van der Waals surface area contributed by atoms with Gasteiger partial charge in [-0.3, -0.25) is 0 Å². The van der Waals surface area contributed by atoms with Crippen LogP contribution in [0, 0.1) is 0 Å². The molecule has 102 valence electrons. The van der Waals surface area contributed by atoms with Crippen LogP contribution in [0.5, 0.6) is 5.75 Å². The zero-order valence-electron chi connectivity index (χ0n) is 11.7. The largest absolute Gasteiger partial charge is 0.494 e. The number of aromatic nitrogens is 3. The van der Waals surface area contributed by atoms with Gasteiger partial charge in [-0.2, -0.15) is 0 Å². The van der Waals surface area contributed by atoms with E-state index < -0.39 is 0 Å². The molecule has 0 saturated carbocycles. The Morgan fingerprint density at radius 3 is 2.58 bits per heavy atom. The van der Waals surface area contributed by atoms with E-state index in [0.29, 0.717) is 0 Å². The summed E-state index contributed by atoms with van der Waals surface area (Å²) < 4.78 is 7.73. The van der Waals surface area contributed by atoms with Crippen LogP contribution in [0.1, 0.15) is 33.1 Å². The Kier molecular flexibility index (Phi) is 4.95. The summed E-state index contributed by atoms with van der Waals surface area (Å²) in [6.07, 6.45) is 5.10. The average molecular weight is 259 g/mol. The molecule has 4 nitrogen and oxygen atoms in total. The number of hydrogen-bond acceptors (Lipinski definition) is 3. The molecule has 0 aliphatic heterocycles. The fourth-order valence-electron chi connectivity index (χ4n) is 1.92. The van der Waals surface area contributed by atoms with E-state index in [9.17, 15) is 0 Å². The van der Waals surface area contributed by atoms with Crippen molar-refractivity contribution in [2.24, 2.45) is 0 Å². The van der Waals surface area contributed by atoms with E-state index in [4.69, 9.17) is 4.74 Å². The highest BCUT2D eigenvalue weighted by Gasteiger charge is 2.06. The maximum Gasteiger partial charge on any atom is 0.163 e. The molecule has 19 heavy (non-hydrogen) atoms. The average Bonchev–Trinajstić information content (AvgIpc) is 2.89. The molecule has 1 aromatic carbocycles. The SMILES string of the molecule is CCCCOc1ccc(-c2nncn2CCC)cc1. The van der Waals surface area contributed by atoms with Crippen molar-refractivity contribution in [3.8, 4) is 17.1 Å². The summed E-state index contributed by atoms with van der Waals surface area (Å²) in [6.45, 7) is 6.03. The van der Waals surface area contributed by atoms with Gasteiger partial charge in [-0.1, -0.05) is 20.3 Å². The summed E-state index contributed by atoms with van der Waals surface area (Å²) in [7, 11) is 0. The first-order valence-electron chi connectivity index (χ1n) is 6.96. The van der Waals surface area contributed by atoms with Gasteiger partial charge in [0.1, 0.15) is 12.1 Å². The summed E-state index contributed by atoms with van der Waals surface area (Å²) in [5, 5.41) is 8.16. The summed E-state index contributed by atoms with van der Waals surface area (Å²) in [4.78, 5) is 0. The number of nitrogens with zero attached hydrogens (tertiary/aromatic N) is 3. The zero-order chi connectivity index (χ0) is 13.5. The van der Waals surface area contributed by atoms with Crippen molar-refractivity contribution in [1.29, 1.82) is 0 Å². The molecular formula is C15H21N3O. The lowest BCUT2D eigenvalue weighted by molar-refractivity contribution is 0.309. The van der Waals surface area contributed by atoms with Crippen LogP contribution in [-0.2, 0) is 6.54 Å². The molecule has 0 spiro atoms. The van der Waals surface area contributed by atoms with Gasteiger partial charge in [-0.15, -0.1) is 10.2 Å². The fourth-order valence-corrected chi connectivity index (χ4v) is 1.92. The summed E-state index contributed by atoms with van der Waals surface area (Å²) in [5.74, 6) is 1.83. The lowest BCUT2D eigenvalue weighted by Crippen LogP contribution is -1.99. The molecule has 0 radical (unpaired) electrons. The summed E-state index contributed by atoms with van der Waals surface area (Å²) >= 11 is 0. The predicted octanol–water partition coefficient (Wildman–Crippen LogP) is 3.53. The van der Waals surface area contributed by atoms with E-state index in [2.05, 4.69) is 28.6 Å². The monoisotopic (exact) mass is 259 g/mol. The number of aryl methyl sites for hydroxylation is 1. The smallest absolute Gasteiger partial charge is 0.163 e. The van der Waals surface area contributed by atoms with Gasteiger partial charge in [0.15, 0.2) is 5.82 Å². The first-order chi connectivity index (χ1) is 9.35. The molecule has 0 atom stereocenters. The van der Waals surface area contributed by atoms with Crippen molar-refractivity contribution < 1.29 is 4.74 Å². The zero-order valence-corrected chi connectivity index (χ0v) is 11.7. The molecule has 0 aliphatic rings. The molecule has 0 bridgehead atoms. The van der Waals surface area contributed by atoms with Crippen molar-refractivity contribution in [2.75, 3.05) is 6.61 Å². The minimum atomic E-state index is 0.780. The van der Waals surface area contributed by atoms with Crippen molar-refractivity contribution in [1.82, 2.24) is 14.8 Å². The first-order valence-corrected chi connectivity index (χ1v) is 6.96. The van der Waals surface area contributed by atoms with Gasteiger partial charge in [0.25, 0.3) is 0 Å².